The van der Waals surface area contributed by atoms with Crippen molar-refractivity contribution in [1.82, 2.24) is 15.1 Å². The summed E-state index contributed by atoms with van der Waals surface area (Å²) in [4.78, 5) is 0. The third-order valence-corrected chi connectivity index (χ3v) is 4.16. The molecule has 0 saturated carbocycles. The molecule has 1 unspecified atom stereocenters. The van der Waals surface area contributed by atoms with E-state index in [1.165, 1.54) is 16.8 Å². The van der Waals surface area contributed by atoms with Gasteiger partial charge in [0.1, 0.15) is 0 Å². The molecule has 21 heavy (non-hydrogen) atoms. The van der Waals surface area contributed by atoms with Crippen LogP contribution < -0.4 is 5.32 Å². The highest BCUT2D eigenvalue weighted by Gasteiger charge is 2.21. The zero-order valence-electron chi connectivity index (χ0n) is 13.1. The molecule has 1 aromatic carbocycles. The van der Waals surface area contributed by atoms with Crippen molar-refractivity contribution in [1.29, 1.82) is 0 Å². The van der Waals surface area contributed by atoms with Crippen molar-refractivity contribution in [3.05, 3.63) is 51.8 Å². The second kappa shape index (κ2) is 7.76. The first-order valence-electron chi connectivity index (χ1n) is 7.68. The highest BCUT2D eigenvalue weighted by molar-refractivity contribution is 9.10. The Kier molecular flexibility index (Phi) is 6.00. The quantitative estimate of drug-likeness (QED) is 0.799. The van der Waals surface area contributed by atoms with Crippen molar-refractivity contribution in [2.24, 2.45) is 0 Å². The summed E-state index contributed by atoms with van der Waals surface area (Å²) in [7, 11) is 0. The largest absolute Gasteiger partial charge is 0.305 e. The van der Waals surface area contributed by atoms with Gasteiger partial charge in [-0.1, -0.05) is 43.7 Å². The van der Waals surface area contributed by atoms with E-state index in [4.69, 9.17) is 0 Å². The predicted molar refractivity (Wildman–Crippen MR) is 91.5 cm³/mol. The third-order valence-electron chi connectivity index (χ3n) is 3.55. The van der Waals surface area contributed by atoms with Crippen molar-refractivity contribution in [2.75, 3.05) is 6.54 Å². The number of rotatable bonds is 7. The number of nitrogens with one attached hydrogen (secondary N) is 1. The van der Waals surface area contributed by atoms with Crippen LogP contribution in [-0.4, -0.2) is 16.3 Å². The van der Waals surface area contributed by atoms with E-state index in [9.17, 15) is 0 Å². The molecule has 0 fully saturated rings. The first-order chi connectivity index (χ1) is 10.2. The van der Waals surface area contributed by atoms with Crippen LogP contribution in [0.25, 0.3) is 0 Å². The third kappa shape index (κ3) is 3.95. The molecule has 0 amide bonds. The molecule has 2 aromatic rings. The van der Waals surface area contributed by atoms with E-state index in [2.05, 4.69) is 76.1 Å². The Morgan fingerprint density at radius 1 is 1.19 bits per heavy atom. The van der Waals surface area contributed by atoms with E-state index >= 15 is 0 Å². The molecule has 3 nitrogen and oxygen atoms in total. The van der Waals surface area contributed by atoms with E-state index in [1.807, 2.05) is 6.20 Å². The highest BCUT2D eigenvalue weighted by atomic mass is 79.9. The lowest BCUT2D eigenvalue weighted by Crippen LogP contribution is -2.26. The highest BCUT2D eigenvalue weighted by Crippen LogP contribution is 2.29. The molecule has 0 radical (unpaired) electrons. The molecule has 114 valence electrons. The van der Waals surface area contributed by atoms with Crippen molar-refractivity contribution < 1.29 is 0 Å². The SMILES string of the molecule is CCCNC(c1ccc(C)cc1)c1c(Br)cnn1CCC. The average Bonchev–Trinajstić information content (AvgIpc) is 2.83. The molecule has 0 bridgehead atoms. The summed E-state index contributed by atoms with van der Waals surface area (Å²) in [6.07, 6.45) is 4.09. The van der Waals surface area contributed by atoms with Gasteiger partial charge in [-0.3, -0.25) is 4.68 Å². The standard InChI is InChI=1S/C17H24BrN3/c1-4-10-19-16(14-8-6-13(3)7-9-14)17-15(18)12-20-21(17)11-5-2/h6-9,12,16,19H,4-5,10-11H2,1-3H3. The van der Waals surface area contributed by atoms with Crippen LogP contribution in [0.5, 0.6) is 0 Å². The van der Waals surface area contributed by atoms with Crippen LogP contribution in [0.1, 0.15) is 49.6 Å². The number of halogens is 1. The second-order valence-corrected chi connectivity index (χ2v) is 6.25. The van der Waals surface area contributed by atoms with E-state index < -0.39 is 0 Å². The molecule has 2 rings (SSSR count). The van der Waals surface area contributed by atoms with Gasteiger partial charge in [0.25, 0.3) is 0 Å². The summed E-state index contributed by atoms with van der Waals surface area (Å²) in [6, 6.07) is 8.93. The summed E-state index contributed by atoms with van der Waals surface area (Å²) in [6.45, 7) is 8.42. The predicted octanol–water partition coefficient (Wildman–Crippen LogP) is 4.45. The van der Waals surface area contributed by atoms with Crippen LogP contribution in [0.3, 0.4) is 0 Å². The lowest BCUT2D eigenvalue weighted by molar-refractivity contribution is 0.510. The molecule has 1 N–H and O–H groups in total. The Hall–Kier alpha value is -1.13. The van der Waals surface area contributed by atoms with Crippen LogP contribution in [-0.2, 0) is 6.54 Å². The summed E-state index contributed by atoms with van der Waals surface area (Å²) in [5, 5.41) is 8.16. The minimum absolute atomic E-state index is 0.175. The fraction of sp³-hybridized carbons (Fsp3) is 0.471. The van der Waals surface area contributed by atoms with Gasteiger partial charge in [-0.05, 0) is 47.8 Å². The minimum atomic E-state index is 0.175. The van der Waals surface area contributed by atoms with Gasteiger partial charge in [0.05, 0.1) is 22.4 Å². The fourth-order valence-electron chi connectivity index (χ4n) is 2.47. The average molecular weight is 350 g/mol. The van der Waals surface area contributed by atoms with Crippen LogP contribution in [0, 0.1) is 6.92 Å². The van der Waals surface area contributed by atoms with Crippen LogP contribution in [0.4, 0.5) is 0 Å². The van der Waals surface area contributed by atoms with E-state index in [0.717, 1.165) is 30.4 Å². The van der Waals surface area contributed by atoms with Crippen LogP contribution in [0.2, 0.25) is 0 Å². The van der Waals surface area contributed by atoms with Gasteiger partial charge in [0, 0.05) is 6.54 Å². The van der Waals surface area contributed by atoms with Crippen molar-refractivity contribution >= 4 is 15.9 Å². The maximum absolute atomic E-state index is 4.51. The lowest BCUT2D eigenvalue weighted by atomic mass is 10.0. The topological polar surface area (TPSA) is 29.9 Å². The van der Waals surface area contributed by atoms with E-state index in [1.54, 1.807) is 0 Å². The smallest absolute Gasteiger partial charge is 0.0759 e. The Balaban J connectivity index is 2.40. The molecule has 0 saturated heterocycles. The summed E-state index contributed by atoms with van der Waals surface area (Å²) >= 11 is 3.67. The second-order valence-electron chi connectivity index (χ2n) is 5.40. The Labute approximate surface area is 135 Å². The summed E-state index contributed by atoms with van der Waals surface area (Å²) in [5.74, 6) is 0. The Morgan fingerprint density at radius 3 is 2.52 bits per heavy atom. The van der Waals surface area contributed by atoms with Gasteiger partial charge in [-0.15, -0.1) is 0 Å². The molecular weight excluding hydrogens is 326 g/mol. The van der Waals surface area contributed by atoms with Gasteiger partial charge in [0.15, 0.2) is 0 Å². The zero-order chi connectivity index (χ0) is 15.2. The van der Waals surface area contributed by atoms with Crippen molar-refractivity contribution in [2.45, 2.75) is 46.2 Å². The number of aryl methyl sites for hydroxylation is 2. The number of hydrogen-bond donors (Lipinski definition) is 1. The van der Waals surface area contributed by atoms with Gasteiger partial charge in [-0.25, -0.2) is 0 Å². The maximum Gasteiger partial charge on any atom is 0.0759 e. The first-order valence-corrected chi connectivity index (χ1v) is 8.47. The molecule has 0 aliphatic carbocycles. The van der Waals surface area contributed by atoms with Crippen LogP contribution >= 0.6 is 15.9 Å². The molecule has 1 heterocycles. The van der Waals surface area contributed by atoms with Crippen molar-refractivity contribution in [3.63, 3.8) is 0 Å². The number of hydrogen-bond acceptors (Lipinski definition) is 2. The van der Waals surface area contributed by atoms with E-state index in [0.29, 0.717) is 0 Å². The zero-order valence-corrected chi connectivity index (χ0v) is 14.7. The van der Waals surface area contributed by atoms with Gasteiger partial charge < -0.3 is 5.32 Å². The summed E-state index contributed by atoms with van der Waals surface area (Å²) < 4.78 is 3.18. The molecule has 4 heteroatoms. The van der Waals surface area contributed by atoms with Crippen molar-refractivity contribution in [3.8, 4) is 0 Å². The molecule has 1 aromatic heterocycles. The normalized spacial score (nSPS) is 12.6. The van der Waals surface area contributed by atoms with Crippen LogP contribution in [0.15, 0.2) is 34.9 Å². The molecular formula is C17H24BrN3. The van der Waals surface area contributed by atoms with Gasteiger partial charge >= 0.3 is 0 Å². The maximum atomic E-state index is 4.51. The minimum Gasteiger partial charge on any atom is -0.305 e. The van der Waals surface area contributed by atoms with Gasteiger partial charge in [0.2, 0.25) is 0 Å². The fourth-order valence-corrected chi connectivity index (χ4v) is 2.99. The molecule has 0 spiro atoms. The molecule has 1 atom stereocenters. The lowest BCUT2D eigenvalue weighted by Gasteiger charge is -2.21. The number of aromatic nitrogens is 2. The summed E-state index contributed by atoms with van der Waals surface area (Å²) in [5.41, 5.74) is 3.79. The van der Waals surface area contributed by atoms with E-state index in [-0.39, 0.29) is 6.04 Å². The Bertz CT molecular complexity index is 560. The monoisotopic (exact) mass is 349 g/mol. The molecule has 0 aliphatic rings. The Morgan fingerprint density at radius 2 is 1.90 bits per heavy atom. The first kappa shape index (κ1) is 16.2. The number of benzene rings is 1. The molecule has 0 aliphatic heterocycles. The number of nitrogens with zero attached hydrogens (tertiary/aromatic N) is 2. The van der Waals surface area contributed by atoms with Gasteiger partial charge in [-0.2, -0.15) is 5.10 Å².